The molecule has 9 aromatic carbocycles. The molecular formula is C57H41N. The molecule has 2 aliphatic rings. The molecule has 0 aliphatic heterocycles. The van der Waals surface area contributed by atoms with Gasteiger partial charge in [0.05, 0.1) is 16.8 Å². The van der Waals surface area contributed by atoms with Gasteiger partial charge in [-0.05, 0) is 92.4 Å². The van der Waals surface area contributed by atoms with E-state index in [1.165, 1.54) is 72.3 Å². The van der Waals surface area contributed by atoms with Gasteiger partial charge in [0, 0.05) is 22.2 Å². The number of hydrogen-bond donors (Lipinski definition) is 0. The smallest absolute Gasteiger partial charge is 0.0714 e. The third-order valence-corrected chi connectivity index (χ3v) is 12.8. The van der Waals surface area contributed by atoms with Gasteiger partial charge in [-0.2, -0.15) is 0 Å². The van der Waals surface area contributed by atoms with Gasteiger partial charge in [0.25, 0.3) is 0 Å². The Morgan fingerprint density at radius 3 is 1.48 bits per heavy atom. The lowest BCUT2D eigenvalue weighted by Crippen LogP contribution is -2.28. The van der Waals surface area contributed by atoms with Crippen LogP contribution in [-0.4, -0.2) is 0 Å². The van der Waals surface area contributed by atoms with Crippen LogP contribution in [0.25, 0.3) is 33.4 Å². The minimum Gasteiger partial charge on any atom is -0.309 e. The molecule has 58 heavy (non-hydrogen) atoms. The average Bonchev–Trinajstić information content (AvgIpc) is 3.75. The van der Waals surface area contributed by atoms with Crippen molar-refractivity contribution in [2.24, 2.45) is 0 Å². The summed E-state index contributed by atoms with van der Waals surface area (Å²) in [6.45, 7) is 2.39. The van der Waals surface area contributed by atoms with Gasteiger partial charge in [0.15, 0.2) is 0 Å². The van der Waals surface area contributed by atoms with Crippen LogP contribution in [0.5, 0.6) is 0 Å². The number of benzene rings is 9. The lowest BCUT2D eigenvalue weighted by molar-refractivity contribution is 0.714. The first-order valence-electron chi connectivity index (χ1n) is 20.3. The molecule has 0 heterocycles. The second-order valence-corrected chi connectivity index (χ2v) is 15.7. The van der Waals surface area contributed by atoms with Crippen molar-refractivity contribution in [2.75, 3.05) is 4.90 Å². The van der Waals surface area contributed by atoms with Gasteiger partial charge in [0.2, 0.25) is 0 Å². The fraction of sp³-hybridized carbons (Fsp3) is 0.0526. The Morgan fingerprint density at radius 2 is 0.810 bits per heavy atom. The van der Waals surface area contributed by atoms with Crippen molar-refractivity contribution in [1.29, 1.82) is 0 Å². The van der Waals surface area contributed by atoms with Crippen molar-refractivity contribution in [3.63, 3.8) is 0 Å². The van der Waals surface area contributed by atoms with Crippen LogP contribution in [0.1, 0.15) is 45.9 Å². The van der Waals surface area contributed by atoms with E-state index in [2.05, 4.69) is 242 Å². The minimum absolute atomic E-state index is 0.281. The van der Waals surface area contributed by atoms with E-state index in [1.807, 2.05) is 0 Å². The third-order valence-electron chi connectivity index (χ3n) is 12.8. The molecule has 11 rings (SSSR count). The SMILES string of the molecule is CC1(c2ccccc2)c2ccccc2-c2cc(N(c3ccccc3-c3ccccc3)c3cccc4c3-c3ccccc3C4(c3ccccc3)c3ccccc3)ccc21. The summed E-state index contributed by atoms with van der Waals surface area (Å²) in [6, 6.07) is 85.1. The van der Waals surface area contributed by atoms with Crippen molar-refractivity contribution < 1.29 is 0 Å². The lowest BCUT2D eigenvalue weighted by Gasteiger charge is -2.35. The molecule has 0 saturated carbocycles. The molecule has 1 nitrogen and oxygen atoms in total. The van der Waals surface area contributed by atoms with Crippen LogP contribution in [0.3, 0.4) is 0 Å². The maximum Gasteiger partial charge on any atom is 0.0714 e. The standard InChI is InChI=1S/C57H41N/c1-56(41-23-8-3-9-24-41)49-32-17-14-30-46(49)48-39-44(37-38-50(48)56)58(53-35-19-16-29-45(53)40-21-6-2-7-22-40)54-36-20-34-52-55(54)47-31-15-18-33-51(47)57(52,42-25-10-4-11-26-42)43-27-12-5-13-28-43/h2-39H,1H3. The average molecular weight is 740 g/mol. The van der Waals surface area contributed by atoms with Gasteiger partial charge in [-0.1, -0.05) is 206 Å². The second kappa shape index (κ2) is 13.5. The monoisotopic (exact) mass is 739 g/mol. The van der Waals surface area contributed by atoms with Crippen LogP contribution >= 0.6 is 0 Å². The van der Waals surface area contributed by atoms with Crippen LogP contribution in [0.2, 0.25) is 0 Å². The Balaban J connectivity index is 1.22. The molecule has 1 unspecified atom stereocenters. The van der Waals surface area contributed by atoms with Crippen molar-refractivity contribution in [1.82, 2.24) is 0 Å². The number of anilines is 3. The van der Waals surface area contributed by atoms with Crippen LogP contribution in [-0.2, 0) is 10.8 Å². The first-order chi connectivity index (χ1) is 28.7. The van der Waals surface area contributed by atoms with E-state index in [1.54, 1.807) is 0 Å². The Kier molecular flexibility index (Phi) is 7.91. The molecule has 0 aromatic heterocycles. The van der Waals surface area contributed by atoms with Crippen LogP contribution in [0.4, 0.5) is 17.1 Å². The van der Waals surface area contributed by atoms with Gasteiger partial charge < -0.3 is 4.90 Å². The largest absolute Gasteiger partial charge is 0.309 e. The molecule has 1 heteroatoms. The van der Waals surface area contributed by atoms with Crippen molar-refractivity contribution >= 4 is 17.1 Å². The Hall–Kier alpha value is -7.22. The summed E-state index contributed by atoms with van der Waals surface area (Å²) in [5.41, 5.74) is 19.1. The highest BCUT2D eigenvalue weighted by atomic mass is 15.1. The Labute approximate surface area is 341 Å². The zero-order valence-corrected chi connectivity index (χ0v) is 32.4. The summed E-state index contributed by atoms with van der Waals surface area (Å²) in [6.07, 6.45) is 0. The van der Waals surface area contributed by atoms with Gasteiger partial charge in [0.1, 0.15) is 0 Å². The fourth-order valence-corrected chi connectivity index (χ4v) is 10.3. The third kappa shape index (κ3) is 4.90. The summed E-state index contributed by atoms with van der Waals surface area (Å²) in [5.74, 6) is 0. The predicted octanol–water partition coefficient (Wildman–Crippen LogP) is 14.5. The van der Waals surface area contributed by atoms with Crippen molar-refractivity contribution in [2.45, 2.75) is 17.8 Å². The number of para-hydroxylation sites is 1. The van der Waals surface area contributed by atoms with Gasteiger partial charge >= 0.3 is 0 Å². The molecule has 0 spiro atoms. The molecule has 274 valence electrons. The van der Waals surface area contributed by atoms with Crippen LogP contribution in [0.15, 0.2) is 231 Å². The summed E-state index contributed by atoms with van der Waals surface area (Å²) < 4.78 is 0. The second-order valence-electron chi connectivity index (χ2n) is 15.7. The van der Waals surface area contributed by atoms with E-state index >= 15 is 0 Å². The first kappa shape index (κ1) is 34.1. The van der Waals surface area contributed by atoms with E-state index in [-0.39, 0.29) is 5.41 Å². The molecule has 0 radical (unpaired) electrons. The molecule has 0 fully saturated rings. The fourth-order valence-electron chi connectivity index (χ4n) is 10.3. The Morgan fingerprint density at radius 1 is 0.328 bits per heavy atom. The maximum atomic E-state index is 2.53. The quantitative estimate of drug-likeness (QED) is 0.157. The zero-order valence-electron chi connectivity index (χ0n) is 32.4. The number of fused-ring (bicyclic) bond motifs is 6. The van der Waals surface area contributed by atoms with Crippen LogP contribution < -0.4 is 4.90 Å². The molecule has 0 amide bonds. The maximum absolute atomic E-state index is 2.53. The first-order valence-corrected chi connectivity index (χ1v) is 20.3. The summed E-state index contributed by atoms with van der Waals surface area (Å²) in [4.78, 5) is 2.53. The van der Waals surface area contributed by atoms with E-state index < -0.39 is 5.41 Å². The molecule has 2 aliphatic carbocycles. The predicted molar refractivity (Wildman–Crippen MR) is 241 cm³/mol. The van der Waals surface area contributed by atoms with Gasteiger partial charge in [-0.25, -0.2) is 0 Å². The van der Waals surface area contributed by atoms with Crippen LogP contribution in [0, 0.1) is 0 Å². The van der Waals surface area contributed by atoms with Gasteiger partial charge in [-0.15, -0.1) is 0 Å². The van der Waals surface area contributed by atoms with E-state index in [0.29, 0.717) is 0 Å². The lowest BCUT2D eigenvalue weighted by atomic mass is 9.68. The molecule has 0 bridgehead atoms. The van der Waals surface area contributed by atoms with E-state index in [9.17, 15) is 0 Å². The van der Waals surface area contributed by atoms with E-state index in [0.717, 1.165) is 17.1 Å². The summed E-state index contributed by atoms with van der Waals surface area (Å²) >= 11 is 0. The highest BCUT2D eigenvalue weighted by molar-refractivity contribution is 6.00. The zero-order chi connectivity index (χ0) is 38.7. The molecule has 1 atom stereocenters. The minimum atomic E-state index is -0.510. The van der Waals surface area contributed by atoms with Gasteiger partial charge in [-0.3, -0.25) is 0 Å². The topological polar surface area (TPSA) is 3.24 Å². The summed E-state index contributed by atoms with van der Waals surface area (Å²) in [7, 11) is 0. The van der Waals surface area contributed by atoms with Crippen molar-refractivity contribution in [3.05, 3.63) is 269 Å². The highest BCUT2D eigenvalue weighted by Crippen LogP contribution is 2.60. The molecule has 9 aromatic rings. The number of hydrogen-bond acceptors (Lipinski definition) is 1. The van der Waals surface area contributed by atoms with E-state index in [4.69, 9.17) is 0 Å². The molecular weight excluding hydrogens is 699 g/mol. The highest BCUT2D eigenvalue weighted by Gasteiger charge is 2.47. The normalized spacial score (nSPS) is 15.5. The number of rotatable bonds is 7. The van der Waals surface area contributed by atoms with Crippen molar-refractivity contribution in [3.8, 4) is 33.4 Å². The number of nitrogens with zero attached hydrogens (tertiary/aromatic N) is 1. The molecule has 0 saturated heterocycles. The summed E-state index contributed by atoms with van der Waals surface area (Å²) in [5, 5.41) is 0. The Bertz CT molecular complexity index is 2910. The molecule has 0 N–H and O–H groups in total.